The number of benzene rings is 2. The van der Waals surface area contributed by atoms with Crippen molar-refractivity contribution in [3.8, 4) is 0 Å². The van der Waals surface area contributed by atoms with Crippen molar-refractivity contribution in [3.63, 3.8) is 0 Å². The summed E-state index contributed by atoms with van der Waals surface area (Å²) in [6.45, 7) is 8.04. The van der Waals surface area contributed by atoms with E-state index in [1.54, 1.807) is 0 Å². The molecule has 0 aliphatic heterocycles. The second kappa shape index (κ2) is 10.2. The molecule has 0 heterocycles. The molecule has 5 heteroatoms. The summed E-state index contributed by atoms with van der Waals surface area (Å²) < 4.78 is 0. The van der Waals surface area contributed by atoms with Crippen LogP contribution < -0.4 is 16.0 Å². The predicted molar refractivity (Wildman–Crippen MR) is 107 cm³/mol. The van der Waals surface area contributed by atoms with E-state index in [-0.39, 0.29) is 11.9 Å². The average molecular weight is 352 g/mol. The molecule has 0 fully saturated rings. The van der Waals surface area contributed by atoms with E-state index in [0.29, 0.717) is 18.7 Å². The van der Waals surface area contributed by atoms with Crippen LogP contribution in [-0.4, -0.2) is 25.0 Å². The Morgan fingerprint density at radius 1 is 0.962 bits per heavy atom. The number of aliphatic imine (C=N–C) groups is 1. The number of guanidine groups is 1. The number of nitrogens with zero attached hydrogens (tertiary/aromatic N) is 1. The number of carbonyl (C=O) groups is 1. The van der Waals surface area contributed by atoms with Gasteiger partial charge in [-0.2, -0.15) is 0 Å². The van der Waals surface area contributed by atoms with E-state index in [1.165, 1.54) is 5.56 Å². The number of amides is 1. The lowest BCUT2D eigenvalue weighted by Gasteiger charge is -2.18. The van der Waals surface area contributed by atoms with Gasteiger partial charge in [0.1, 0.15) is 0 Å². The molecular formula is C21H28N4O. The largest absolute Gasteiger partial charge is 0.357 e. The minimum absolute atomic E-state index is 0.0470. The van der Waals surface area contributed by atoms with Gasteiger partial charge in [-0.1, -0.05) is 42.5 Å². The highest BCUT2D eigenvalue weighted by molar-refractivity contribution is 5.94. The molecule has 1 amide bonds. The van der Waals surface area contributed by atoms with Crippen LogP contribution >= 0.6 is 0 Å². The topological polar surface area (TPSA) is 65.5 Å². The quantitative estimate of drug-likeness (QED) is 0.529. The maximum Gasteiger partial charge on any atom is 0.251 e. The molecule has 0 spiro atoms. The van der Waals surface area contributed by atoms with E-state index < -0.39 is 0 Å². The van der Waals surface area contributed by atoms with E-state index in [9.17, 15) is 4.79 Å². The highest BCUT2D eigenvalue weighted by Gasteiger charge is 2.07. The fourth-order valence-electron chi connectivity index (χ4n) is 2.54. The van der Waals surface area contributed by atoms with Crippen LogP contribution in [0.1, 0.15) is 48.3 Å². The SMILES string of the molecule is CCNC(=O)c1ccc(CN=C(NCC)NC(C)c2ccccc2)cc1. The number of rotatable bonds is 7. The standard InChI is InChI=1S/C21H28N4O/c1-4-22-20(26)19-13-11-17(12-14-19)15-24-21(23-5-2)25-16(3)18-9-7-6-8-10-18/h6-14,16H,4-5,15H2,1-3H3,(H,22,26)(H2,23,24,25). The van der Waals surface area contributed by atoms with Gasteiger partial charge >= 0.3 is 0 Å². The molecule has 2 aromatic carbocycles. The van der Waals surface area contributed by atoms with Gasteiger partial charge in [-0.25, -0.2) is 4.99 Å². The van der Waals surface area contributed by atoms with Gasteiger partial charge in [0.2, 0.25) is 0 Å². The molecule has 1 unspecified atom stereocenters. The molecule has 26 heavy (non-hydrogen) atoms. The molecule has 1 atom stereocenters. The van der Waals surface area contributed by atoms with Crippen LogP contribution in [0.2, 0.25) is 0 Å². The van der Waals surface area contributed by atoms with Gasteiger partial charge in [0.15, 0.2) is 5.96 Å². The maximum atomic E-state index is 11.8. The Labute approximate surface area is 155 Å². The molecule has 0 aliphatic carbocycles. The van der Waals surface area contributed by atoms with E-state index in [4.69, 9.17) is 0 Å². The van der Waals surface area contributed by atoms with Crippen LogP contribution in [0.3, 0.4) is 0 Å². The van der Waals surface area contributed by atoms with E-state index in [0.717, 1.165) is 18.1 Å². The third-order valence-corrected chi connectivity index (χ3v) is 3.97. The molecule has 0 radical (unpaired) electrons. The summed E-state index contributed by atoms with van der Waals surface area (Å²) in [6, 6.07) is 18.0. The lowest BCUT2D eigenvalue weighted by atomic mass is 10.1. The first-order chi connectivity index (χ1) is 12.6. The lowest BCUT2D eigenvalue weighted by Crippen LogP contribution is -2.38. The van der Waals surface area contributed by atoms with Gasteiger partial charge in [0.05, 0.1) is 12.6 Å². The van der Waals surface area contributed by atoms with Gasteiger partial charge in [0.25, 0.3) is 5.91 Å². The summed E-state index contributed by atoms with van der Waals surface area (Å²) in [4.78, 5) is 16.5. The molecule has 5 nitrogen and oxygen atoms in total. The molecule has 3 N–H and O–H groups in total. The third-order valence-electron chi connectivity index (χ3n) is 3.97. The van der Waals surface area contributed by atoms with Crippen LogP contribution in [0.4, 0.5) is 0 Å². The fraction of sp³-hybridized carbons (Fsp3) is 0.333. The van der Waals surface area contributed by atoms with Crippen molar-refractivity contribution >= 4 is 11.9 Å². The predicted octanol–water partition coefficient (Wildman–Crippen LogP) is 3.25. The zero-order valence-corrected chi connectivity index (χ0v) is 15.8. The Hall–Kier alpha value is -2.82. The Balaban J connectivity index is 2.01. The molecule has 0 aromatic heterocycles. The summed E-state index contributed by atoms with van der Waals surface area (Å²) in [5.74, 6) is 0.728. The maximum absolute atomic E-state index is 11.8. The highest BCUT2D eigenvalue weighted by atomic mass is 16.1. The van der Waals surface area contributed by atoms with Gasteiger partial charge in [-0.05, 0) is 44.0 Å². The smallest absolute Gasteiger partial charge is 0.251 e. The Morgan fingerprint density at radius 3 is 2.23 bits per heavy atom. The highest BCUT2D eigenvalue weighted by Crippen LogP contribution is 2.11. The zero-order valence-electron chi connectivity index (χ0n) is 15.8. The first-order valence-corrected chi connectivity index (χ1v) is 9.11. The Morgan fingerprint density at radius 2 is 1.62 bits per heavy atom. The number of hydrogen-bond acceptors (Lipinski definition) is 2. The summed E-state index contributed by atoms with van der Waals surface area (Å²) in [6.07, 6.45) is 0. The van der Waals surface area contributed by atoms with Crippen LogP contribution in [0.5, 0.6) is 0 Å². The minimum Gasteiger partial charge on any atom is -0.357 e. The van der Waals surface area contributed by atoms with Crippen molar-refractivity contribution in [3.05, 3.63) is 71.3 Å². The molecular weight excluding hydrogens is 324 g/mol. The molecule has 0 aliphatic rings. The molecule has 0 saturated heterocycles. The lowest BCUT2D eigenvalue weighted by molar-refractivity contribution is 0.0956. The summed E-state index contributed by atoms with van der Waals surface area (Å²) in [5, 5.41) is 9.50. The third kappa shape index (κ3) is 5.92. The second-order valence-corrected chi connectivity index (χ2v) is 6.03. The van der Waals surface area contributed by atoms with Crippen molar-refractivity contribution in [2.24, 2.45) is 4.99 Å². The van der Waals surface area contributed by atoms with Crippen molar-refractivity contribution in [1.29, 1.82) is 0 Å². The van der Waals surface area contributed by atoms with Gasteiger partial charge in [-0.15, -0.1) is 0 Å². The average Bonchev–Trinajstić information content (AvgIpc) is 2.67. The summed E-state index contributed by atoms with van der Waals surface area (Å²) in [7, 11) is 0. The number of carbonyl (C=O) groups excluding carboxylic acids is 1. The van der Waals surface area contributed by atoms with Crippen molar-refractivity contribution in [2.45, 2.75) is 33.4 Å². The molecule has 2 rings (SSSR count). The normalized spacial score (nSPS) is 12.3. The van der Waals surface area contributed by atoms with Crippen molar-refractivity contribution < 1.29 is 4.79 Å². The van der Waals surface area contributed by atoms with Gasteiger partial charge in [-0.3, -0.25) is 4.79 Å². The zero-order chi connectivity index (χ0) is 18.8. The Bertz CT molecular complexity index is 711. The Kier molecular flexibility index (Phi) is 7.68. The van der Waals surface area contributed by atoms with Gasteiger partial charge < -0.3 is 16.0 Å². The van der Waals surface area contributed by atoms with E-state index in [1.807, 2.05) is 56.3 Å². The number of hydrogen-bond donors (Lipinski definition) is 3. The summed E-state index contributed by atoms with van der Waals surface area (Å²) >= 11 is 0. The van der Waals surface area contributed by atoms with Crippen LogP contribution in [0.15, 0.2) is 59.6 Å². The van der Waals surface area contributed by atoms with Crippen molar-refractivity contribution in [2.75, 3.05) is 13.1 Å². The molecule has 0 bridgehead atoms. The van der Waals surface area contributed by atoms with Crippen LogP contribution in [-0.2, 0) is 6.54 Å². The first kappa shape index (κ1) is 19.5. The molecule has 0 saturated carbocycles. The van der Waals surface area contributed by atoms with E-state index in [2.05, 4.69) is 40.0 Å². The monoisotopic (exact) mass is 352 g/mol. The minimum atomic E-state index is -0.0470. The van der Waals surface area contributed by atoms with Crippen LogP contribution in [0.25, 0.3) is 0 Å². The van der Waals surface area contributed by atoms with E-state index >= 15 is 0 Å². The van der Waals surface area contributed by atoms with Gasteiger partial charge in [0, 0.05) is 18.7 Å². The summed E-state index contributed by atoms with van der Waals surface area (Å²) in [5.41, 5.74) is 2.94. The second-order valence-electron chi connectivity index (χ2n) is 6.03. The van der Waals surface area contributed by atoms with Crippen molar-refractivity contribution in [1.82, 2.24) is 16.0 Å². The fourth-order valence-corrected chi connectivity index (χ4v) is 2.54. The number of nitrogens with one attached hydrogen (secondary N) is 3. The molecule has 138 valence electrons. The molecule has 2 aromatic rings. The first-order valence-electron chi connectivity index (χ1n) is 9.11. The van der Waals surface area contributed by atoms with Crippen LogP contribution in [0, 0.1) is 0 Å².